The Morgan fingerprint density at radius 3 is 2.70 bits per heavy atom. The average Bonchev–Trinajstić information content (AvgIpc) is 2.35. The zero-order valence-corrected chi connectivity index (χ0v) is 6.18. The van der Waals surface area contributed by atoms with E-state index in [-0.39, 0.29) is 0 Å². The molecule has 1 saturated heterocycles. The summed E-state index contributed by atoms with van der Waals surface area (Å²) >= 11 is 0. The third-order valence-electron chi connectivity index (χ3n) is 2.26. The smallest absolute Gasteiger partial charge is 0.323 e. The number of nitrogens with one attached hydrogen (secondary N) is 1. The molecule has 3 heteroatoms. The fraction of sp³-hybridized carbons (Fsp3) is 0.857. The van der Waals surface area contributed by atoms with E-state index in [1.165, 1.54) is 0 Å². The monoisotopic (exact) mass is 143 g/mol. The van der Waals surface area contributed by atoms with Crippen molar-refractivity contribution in [3.05, 3.63) is 0 Å². The van der Waals surface area contributed by atoms with Crippen molar-refractivity contribution in [3.8, 4) is 0 Å². The van der Waals surface area contributed by atoms with Gasteiger partial charge in [0.2, 0.25) is 0 Å². The van der Waals surface area contributed by atoms with Gasteiger partial charge in [0.25, 0.3) is 0 Å². The minimum absolute atomic E-state index is 0.597. The highest BCUT2D eigenvalue weighted by Crippen LogP contribution is 2.22. The summed E-state index contributed by atoms with van der Waals surface area (Å²) in [5, 5.41) is 11.8. The Morgan fingerprint density at radius 2 is 2.50 bits per heavy atom. The van der Waals surface area contributed by atoms with E-state index in [1.54, 1.807) is 0 Å². The van der Waals surface area contributed by atoms with Gasteiger partial charge in [-0.15, -0.1) is 0 Å². The molecule has 10 heavy (non-hydrogen) atoms. The molecule has 1 fully saturated rings. The Morgan fingerprint density at radius 1 is 1.80 bits per heavy atom. The summed E-state index contributed by atoms with van der Waals surface area (Å²) in [6.45, 7) is 2.76. The van der Waals surface area contributed by atoms with Crippen molar-refractivity contribution < 1.29 is 9.90 Å². The van der Waals surface area contributed by atoms with Gasteiger partial charge in [-0.1, -0.05) is 6.92 Å². The molecule has 0 radical (unpaired) electrons. The van der Waals surface area contributed by atoms with Gasteiger partial charge in [0.05, 0.1) is 0 Å². The van der Waals surface area contributed by atoms with E-state index in [0.717, 1.165) is 19.4 Å². The molecule has 1 rings (SSSR count). The molecule has 0 aromatic heterocycles. The van der Waals surface area contributed by atoms with Crippen molar-refractivity contribution in [2.24, 2.45) is 0 Å². The quantitative estimate of drug-likeness (QED) is 0.595. The van der Waals surface area contributed by atoms with Crippen molar-refractivity contribution in [3.63, 3.8) is 0 Å². The van der Waals surface area contributed by atoms with Crippen molar-refractivity contribution >= 4 is 5.97 Å². The minimum Gasteiger partial charge on any atom is -0.480 e. The number of carboxylic acids is 1. The largest absolute Gasteiger partial charge is 0.480 e. The van der Waals surface area contributed by atoms with Crippen LogP contribution >= 0.6 is 0 Å². The van der Waals surface area contributed by atoms with E-state index in [1.807, 2.05) is 6.92 Å². The van der Waals surface area contributed by atoms with Crippen LogP contribution in [0.15, 0.2) is 0 Å². The van der Waals surface area contributed by atoms with E-state index in [0.29, 0.717) is 6.42 Å². The summed E-state index contributed by atoms with van der Waals surface area (Å²) < 4.78 is 0. The van der Waals surface area contributed by atoms with Gasteiger partial charge in [0.1, 0.15) is 5.54 Å². The number of hydrogen-bond donors (Lipinski definition) is 2. The molecule has 0 unspecified atom stereocenters. The Bertz CT molecular complexity index is 139. The lowest BCUT2D eigenvalue weighted by molar-refractivity contribution is -0.144. The number of hydrogen-bond acceptors (Lipinski definition) is 2. The molecular weight excluding hydrogens is 130 g/mol. The lowest BCUT2D eigenvalue weighted by atomic mass is 9.95. The molecule has 1 aliphatic rings. The van der Waals surface area contributed by atoms with Crippen molar-refractivity contribution in [2.45, 2.75) is 31.7 Å². The molecule has 1 atom stereocenters. The Kier molecular flexibility index (Phi) is 1.94. The van der Waals surface area contributed by atoms with Crippen LogP contribution in [0.2, 0.25) is 0 Å². The van der Waals surface area contributed by atoms with Crippen LogP contribution in [-0.2, 0) is 4.79 Å². The fourth-order valence-corrected chi connectivity index (χ4v) is 1.44. The van der Waals surface area contributed by atoms with Crippen LogP contribution in [0.5, 0.6) is 0 Å². The van der Waals surface area contributed by atoms with E-state index < -0.39 is 11.5 Å². The highest BCUT2D eigenvalue weighted by Gasteiger charge is 2.38. The minimum atomic E-state index is -0.701. The van der Waals surface area contributed by atoms with Gasteiger partial charge in [-0.2, -0.15) is 0 Å². The summed E-state index contributed by atoms with van der Waals surface area (Å²) in [7, 11) is 0. The summed E-state index contributed by atoms with van der Waals surface area (Å²) in [6.07, 6.45) is 2.45. The van der Waals surface area contributed by atoms with E-state index in [4.69, 9.17) is 5.11 Å². The first-order valence-electron chi connectivity index (χ1n) is 3.70. The van der Waals surface area contributed by atoms with Crippen LogP contribution in [0.25, 0.3) is 0 Å². The van der Waals surface area contributed by atoms with Crippen molar-refractivity contribution in [1.82, 2.24) is 5.32 Å². The highest BCUT2D eigenvalue weighted by atomic mass is 16.4. The highest BCUT2D eigenvalue weighted by molar-refractivity contribution is 5.79. The van der Waals surface area contributed by atoms with E-state index in [9.17, 15) is 4.79 Å². The summed E-state index contributed by atoms with van der Waals surface area (Å²) in [5.41, 5.74) is -0.597. The summed E-state index contributed by atoms with van der Waals surface area (Å²) in [6, 6.07) is 0. The number of rotatable bonds is 2. The number of aliphatic carboxylic acids is 1. The second-order valence-electron chi connectivity index (χ2n) is 2.77. The average molecular weight is 143 g/mol. The first kappa shape index (κ1) is 7.54. The maximum atomic E-state index is 10.7. The SMILES string of the molecule is CC[C@@]1(C(=O)O)CCCN1. The number of carbonyl (C=O) groups is 1. The van der Waals surface area contributed by atoms with Gasteiger partial charge in [-0.05, 0) is 25.8 Å². The van der Waals surface area contributed by atoms with Crippen molar-refractivity contribution in [2.75, 3.05) is 6.54 Å². The molecule has 0 bridgehead atoms. The molecule has 58 valence electrons. The van der Waals surface area contributed by atoms with Crippen LogP contribution in [0.3, 0.4) is 0 Å². The molecule has 2 N–H and O–H groups in total. The summed E-state index contributed by atoms with van der Waals surface area (Å²) in [4.78, 5) is 10.7. The number of carboxylic acid groups (broad SMARTS) is 1. The fourth-order valence-electron chi connectivity index (χ4n) is 1.44. The van der Waals surface area contributed by atoms with Crippen molar-refractivity contribution in [1.29, 1.82) is 0 Å². The Hall–Kier alpha value is -0.570. The first-order chi connectivity index (χ1) is 4.71. The zero-order valence-electron chi connectivity index (χ0n) is 6.18. The second-order valence-corrected chi connectivity index (χ2v) is 2.77. The maximum absolute atomic E-state index is 10.7. The van der Waals surface area contributed by atoms with Gasteiger partial charge in [-0.3, -0.25) is 4.79 Å². The van der Waals surface area contributed by atoms with Gasteiger partial charge in [0, 0.05) is 0 Å². The van der Waals surface area contributed by atoms with E-state index >= 15 is 0 Å². The molecule has 0 saturated carbocycles. The zero-order chi connectivity index (χ0) is 7.61. The third-order valence-corrected chi connectivity index (χ3v) is 2.26. The first-order valence-corrected chi connectivity index (χ1v) is 3.70. The van der Waals surface area contributed by atoms with Crippen LogP contribution in [-0.4, -0.2) is 23.2 Å². The maximum Gasteiger partial charge on any atom is 0.323 e. The van der Waals surface area contributed by atoms with Crippen LogP contribution in [0.1, 0.15) is 26.2 Å². The molecule has 3 nitrogen and oxygen atoms in total. The van der Waals surface area contributed by atoms with Gasteiger partial charge < -0.3 is 10.4 Å². The van der Waals surface area contributed by atoms with Gasteiger partial charge >= 0.3 is 5.97 Å². The topological polar surface area (TPSA) is 49.3 Å². The van der Waals surface area contributed by atoms with Crippen LogP contribution < -0.4 is 5.32 Å². The lowest BCUT2D eigenvalue weighted by Crippen LogP contribution is -2.46. The summed E-state index contributed by atoms with van der Waals surface area (Å²) in [5.74, 6) is -0.701. The molecule has 0 aliphatic carbocycles. The molecule has 0 aromatic rings. The standard InChI is InChI=1S/C7H13NO2/c1-2-7(6(9)10)4-3-5-8-7/h8H,2-5H2,1H3,(H,9,10)/t7-/m0/s1. The van der Waals surface area contributed by atoms with Crippen LogP contribution in [0.4, 0.5) is 0 Å². The molecule has 1 heterocycles. The lowest BCUT2D eigenvalue weighted by Gasteiger charge is -2.21. The Balaban J connectivity index is 2.67. The molecule has 0 amide bonds. The normalized spacial score (nSPS) is 32.5. The predicted molar refractivity (Wildman–Crippen MR) is 37.9 cm³/mol. The van der Waals surface area contributed by atoms with Crippen LogP contribution in [0, 0.1) is 0 Å². The Labute approximate surface area is 60.4 Å². The molecule has 0 spiro atoms. The third kappa shape index (κ3) is 1.01. The molecule has 1 aliphatic heterocycles. The molecular formula is C7H13NO2. The van der Waals surface area contributed by atoms with E-state index in [2.05, 4.69) is 5.32 Å². The molecule has 0 aromatic carbocycles. The predicted octanol–water partition coefficient (Wildman–Crippen LogP) is 0.603. The van der Waals surface area contributed by atoms with Gasteiger partial charge in [-0.25, -0.2) is 0 Å². The van der Waals surface area contributed by atoms with Gasteiger partial charge in [0.15, 0.2) is 0 Å². The second kappa shape index (κ2) is 2.58.